The highest BCUT2D eigenvalue weighted by Crippen LogP contribution is 2.12. The van der Waals surface area contributed by atoms with Crippen molar-refractivity contribution in [3.05, 3.63) is 35.4 Å². The fraction of sp³-hybridized carbons (Fsp3) is 0.524. The SMILES string of the molecule is CN=C(NCc1ccc(C(=O)NCC(N)=O)cc1)N1CCC(NC(=O)OC(C)(C)C)C1.I. The molecule has 1 aliphatic rings. The molecule has 0 radical (unpaired) electrons. The molecule has 10 nitrogen and oxygen atoms in total. The van der Waals surface area contributed by atoms with Crippen LogP contribution in [0.4, 0.5) is 4.79 Å². The van der Waals surface area contributed by atoms with Crippen LogP contribution in [0.15, 0.2) is 29.3 Å². The van der Waals surface area contributed by atoms with Gasteiger partial charge in [-0.1, -0.05) is 12.1 Å². The Hall–Kier alpha value is -2.57. The quantitative estimate of drug-likeness (QED) is 0.234. The number of hydrogen-bond donors (Lipinski definition) is 4. The number of aliphatic imine (C=N–C) groups is 1. The van der Waals surface area contributed by atoms with Crippen molar-refractivity contribution in [2.45, 2.75) is 45.4 Å². The second-order valence-corrected chi connectivity index (χ2v) is 8.32. The molecule has 1 aromatic carbocycles. The molecule has 0 spiro atoms. The number of guanidine groups is 1. The number of benzene rings is 1. The van der Waals surface area contributed by atoms with Crippen molar-refractivity contribution in [1.82, 2.24) is 20.9 Å². The van der Waals surface area contributed by atoms with Gasteiger partial charge in [-0.2, -0.15) is 0 Å². The minimum absolute atomic E-state index is 0. The van der Waals surface area contributed by atoms with Gasteiger partial charge in [-0.25, -0.2) is 4.79 Å². The molecule has 32 heavy (non-hydrogen) atoms. The molecule has 1 atom stereocenters. The Kier molecular flexibility index (Phi) is 10.7. The molecule has 1 aliphatic heterocycles. The van der Waals surface area contributed by atoms with Gasteiger partial charge in [0.05, 0.1) is 12.6 Å². The fourth-order valence-electron chi connectivity index (χ4n) is 3.10. The maximum absolute atomic E-state index is 12.0. The molecule has 11 heteroatoms. The Morgan fingerprint density at radius 3 is 2.41 bits per heavy atom. The van der Waals surface area contributed by atoms with Crippen LogP contribution in [0.1, 0.15) is 43.1 Å². The highest BCUT2D eigenvalue weighted by atomic mass is 127. The van der Waals surface area contributed by atoms with E-state index in [1.165, 1.54) is 0 Å². The van der Waals surface area contributed by atoms with Crippen molar-refractivity contribution >= 4 is 47.8 Å². The summed E-state index contributed by atoms with van der Waals surface area (Å²) in [4.78, 5) is 41.1. The first kappa shape index (κ1) is 27.5. The van der Waals surface area contributed by atoms with E-state index in [1.807, 2.05) is 32.9 Å². The lowest BCUT2D eigenvalue weighted by Gasteiger charge is -2.23. The van der Waals surface area contributed by atoms with Crippen LogP contribution in [-0.2, 0) is 16.1 Å². The van der Waals surface area contributed by atoms with E-state index < -0.39 is 17.6 Å². The molecule has 0 saturated carbocycles. The number of amides is 3. The summed E-state index contributed by atoms with van der Waals surface area (Å²) in [6.45, 7) is 7.23. The van der Waals surface area contributed by atoms with Gasteiger partial charge in [0.1, 0.15) is 5.60 Å². The number of halogens is 1. The Bertz CT molecular complexity index is 823. The number of nitrogens with two attached hydrogens (primary N) is 1. The van der Waals surface area contributed by atoms with E-state index in [9.17, 15) is 14.4 Å². The monoisotopic (exact) mass is 560 g/mol. The normalized spacial score (nSPS) is 16.1. The van der Waals surface area contributed by atoms with Crippen LogP contribution in [0.5, 0.6) is 0 Å². The lowest BCUT2D eigenvalue weighted by molar-refractivity contribution is -0.117. The van der Waals surface area contributed by atoms with E-state index in [2.05, 4.69) is 25.8 Å². The molecular formula is C21H33IN6O4. The Morgan fingerprint density at radius 1 is 1.19 bits per heavy atom. The predicted molar refractivity (Wildman–Crippen MR) is 133 cm³/mol. The molecule has 1 heterocycles. The highest BCUT2D eigenvalue weighted by molar-refractivity contribution is 14.0. The lowest BCUT2D eigenvalue weighted by atomic mass is 10.1. The number of rotatable bonds is 6. The zero-order chi connectivity index (χ0) is 23.0. The lowest BCUT2D eigenvalue weighted by Crippen LogP contribution is -2.44. The van der Waals surface area contributed by atoms with Gasteiger partial charge in [0.15, 0.2) is 5.96 Å². The third kappa shape index (κ3) is 9.28. The van der Waals surface area contributed by atoms with Gasteiger partial charge in [0, 0.05) is 32.2 Å². The minimum atomic E-state index is -0.592. The Labute approximate surface area is 205 Å². The number of alkyl carbamates (subject to hydrolysis) is 1. The van der Waals surface area contributed by atoms with Crippen LogP contribution in [0.3, 0.4) is 0 Å². The van der Waals surface area contributed by atoms with Crippen molar-refractivity contribution in [3.8, 4) is 0 Å². The third-order valence-electron chi connectivity index (χ3n) is 4.51. The van der Waals surface area contributed by atoms with Crippen LogP contribution >= 0.6 is 24.0 Å². The molecule has 0 aliphatic carbocycles. The predicted octanol–water partition coefficient (Wildman–Crippen LogP) is 1.19. The van der Waals surface area contributed by atoms with Gasteiger partial charge in [-0.3, -0.25) is 14.6 Å². The first-order valence-corrected chi connectivity index (χ1v) is 10.2. The summed E-state index contributed by atoms with van der Waals surface area (Å²) >= 11 is 0. The molecule has 0 bridgehead atoms. The number of carbonyl (C=O) groups is 3. The summed E-state index contributed by atoms with van der Waals surface area (Å²) in [6, 6.07) is 7.03. The number of hydrogen-bond acceptors (Lipinski definition) is 5. The van der Waals surface area contributed by atoms with E-state index in [-0.39, 0.29) is 42.5 Å². The second-order valence-electron chi connectivity index (χ2n) is 8.32. The standard InChI is InChI=1S/C21H32N6O4.HI/c1-21(2,3)31-20(30)26-16-9-10-27(13-16)19(23-4)25-11-14-5-7-15(8-6-14)18(29)24-12-17(22)28;/h5-8,16H,9-13H2,1-4H3,(H2,22,28)(H,23,25)(H,24,29)(H,26,30);1H. The molecular weight excluding hydrogens is 527 g/mol. The second kappa shape index (κ2) is 12.5. The highest BCUT2D eigenvalue weighted by Gasteiger charge is 2.27. The number of ether oxygens (including phenoxy) is 1. The fourth-order valence-corrected chi connectivity index (χ4v) is 3.10. The largest absolute Gasteiger partial charge is 0.444 e. The molecule has 0 aromatic heterocycles. The van der Waals surface area contributed by atoms with Crippen molar-refractivity contribution in [3.63, 3.8) is 0 Å². The molecule has 3 amide bonds. The maximum atomic E-state index is 12.0. The minimum Gasteiger partial charge on any atom is -0.444 e. The van der Waals surface area contributed by atoms with Gasteiger partial charge in [-0.15, -0.1) is 24.0 Å². The van der Waals surface area contributed by atoms with Crippen LogP contribution in [-0.4, -0.2) is 67.1 Å². The van der Waals surface area contributed by atoms with Crippen molar-refractivity contribution in [2.24, 2.45) is 10.7 Å². The van der Waals surface area contributed by atoms with Gasteiger partial charge in [0.2, 0.25) is 5.91 Å². The van der Waals surface area contributed by atoms with Gasteiger partial charge in [-0.05, 0) is 44.9 Å². The zero-order valence-corrected chi connectivity index (χ0v) is 21.3. The summed E-state index contributed by atoms with van der Waals surface area (Å²) in [5.41, 5.74) is 5.92. The van der Waals surface area contributed by atoms with Gasteiger partial charge >= 0.3 is 6.09 Å². The van der Waals surface area contributed by atoms with E-state index >= 15 is 0 Å². The zero-order valence-electron chi connectivity index (χ0n) is 18.9. The van der Waals surface area contributed by atoms with Crippen LogP contribution in [0.2, 0.25) is 0 Å². The van der Waals surface area contributed by atoms with E-state index in [4.69, 9.17) is 10.5 Å². The Morgan fingerprint density at radius 2 is 1.84 bits per heavy atom. The molecule has 2 rings (SSSR count). The average Bonchev–Trinajstić information content (AvgIpc) is 3.13. The van der Waals surface area contributed by atoms with Crippen LogP contribution in [0, 0.1) is 0 Å². The van der Waals surface area contributed by atoms with Crippen molar-refractivity contribution in [1.29, 1.82) is 0 Å². The first-order valence-electron chi connectivity index (χ1n) is 10.2. The average molecular weight is 560 g/mol. The van der Waals surface area contributed by atoms with Crippen molar-refractivity contribution < 1.29 is 19.1 Å². The van der Waals surface area contributed by atoms with E-state index in [1.54, 1.807) is 19.2 Å². The Balaban J connectivity index is 0.00000512. The van der Waals surface area contributed by atoms with E-state index in [0.29, 0.717) is 18.7 Å². The first-order chi connectivity index (χ1) is 14.6. The maximum Gasteiger partial charge on any atom is 0.407 e. The molecule has 5 N–H and O–H groups in total. The van der Waals surface area contributed by atoms with Gasteiger partial charge < -0.3 is 31.3 Å². The topological polar surface area (TPSA) is 138 Å². The van der Waals surface area contributed by atoms with Crippen molar-refractivity contribution in [2.75, 3.05) is 26.7 Å². The summed E-state index contributed by atoms with van der Waals surface area (Å²) < 4.78 is 5.31. The smallest absolute Gasteiger partial charge is 0.407 e. The molecule has 178 valence electrons. The van der Waals surface area contributed by atoms with Crippen LogP contribution < -0.4 is 21.7 Å². The third-order valence-corrected chi connectivity index (χ3v) is 4.51. The summed E-state index contributed by atoms with van der Waals surface area (Å²) in [6.07, 6.45) is 0.386. The molecule has 1 fully saturated rings. The number of nitrogens with one attached hydrogen (secondary N) is 3. The van der Waals surface area contributed by atoms with Crippen LogP contribution in [0.25, 0.3) is 0 Å². The molecule has 1 saturated heterocycles. The number of nitrogens with zero attached hydrogens (tertiary/aromatic N) is 2. The molecule has 1 unspecified atom stereocenters. The summed E-state index contributed by atoms with van der Waals surface area (Å²) in [7, 11) is 1.71. The van der Waals surface area contributed by atoms with E-state index in [0.717, 1.165) is 24.5 Å². The number of primary amides is 1. The summed E-state index contributed by atoms with van der Waals surface area (Å²) in [5, 5.41) is 8.65. The molecule has 1 aromatic rings. The number of carbonyl (C=O) groups excluding carboxylic acids is 3. The summed E-state index contributed by atoms with van der Waals surface area (Å²) in [5.74, 6) is -0.211. The van der Waals surface area contributed by atoms with Gasteiger partial charge in [0.25, 0.3) is 5.91 Å². The number of likely N-dealkylation sites (tertiary alicyclic amines) is 1.